The van der Waals surface area contributed by atoms with Gasteiger partial charge in [0.15, 0.2) is 0 Å². The first kappa shape index (κ1) is 14.0. The second-order valence-electron chi connectivity index (χ2n) is 6.25. The minimum Gasteiger partial charge on any atom is -0.326 e. The van der Waals surface area contributed by atoms with Crippen LogP contribution in [0.4, 0.5) is 4.39 Å². The Balaban J connectivity index is 1.70. The lowest BCUT2D eigenvalue weighted by molar-refractivity contribution is 0.214. The molecule has 0 amide bonds. The Hall–Kier alpha value is -0.970. The Morgan fingerprint density at radius 3 is 2.70 bits per heavy atom. The number of likely N-dealkylation sites (N-methyl/N-ethyl adjacent to an activating group) is 1. The van der Waals surface area contributed by atoms with Crippen molar-refractivity contribution in [1.82, 2.24) is 9.80 Å². The van der Waals surface area contributed by atoms with E-state index < -0.39 is 0 Å². The van der Waals surface area contributed by atoms with E-state index >= 15 is 0 Å². The first-order valence-corrected chi connectivity index (χ1v) is 7.58. The van der Waals surface area contributed by atoms with Gasteiger partial charge in [-0.05, 0) is 49.6 Å². The summed E-state index contributed by atoms with van der Waals surface area (Å²) in [6.45, 7) is 3.45. The van der Waals surface area contributed by atoms with Gasteiger partial charge in [-0.15, -0.1) is 0 Å². The van der Waals surface area contributed by atoms with Crippen LogP contribution >= 0.6 is 0 Å². The molecule has 2 N–H and O–H groups in total. The molecule has 3 rings (SSSR count). The fourth-order valence-electron chi connectivity index (χ4n) is 3.71. The highest BCUT2D eigenvalue weighted by Gasteiger charge is 2.34. The number of likely N-dealkylation sites (tertiary alicyclic amines) is 1. The van der Waals surface area contributed by atoms with Crippen molar-refractivity contribution in [3.8, 4) is 0 Å². The van der Waals surface area contributed by atoms with E-state index in [1.54, 1.807) is 6.07 Å². The van der Waals surface area contributed by atoms with Gasteiger partial charge in [-0.25, -0.2) is 4.39 Å². The van der Waals surface area contributed by atoms with Crippen molar-refractivity contribution in [2.45, 2.75) is 44.4 Å². The van der Waals surface area contributed by atoms with Crippen LogP contribution in [0.2, 0.25) is 0 Å². The van der Waals surface area contributed by atoms with Gasteiger partial charge in [0.2, 0.25) is 0 Å². The fraction of sp³-hybridized carbons (Fsp3) is 0.625. The number of fused-ring (bicyclic) bond motifs is 2. The second-order valence-corrected chi connectivity index (χ2v) is 6.25. The molecular weight excluding hydrogens is 253 g/mol. The van der Waals surface area contributed by atoms with Crippen LogP contribution in [0, 0.1) is 5.82 Å². The van der Waals surface area contributed by atoms with Gasteiger partial charge in [0.1, 0.15) is 5.82 Å². The summed E-state index contributed by atoms with van der Waals surface area (Å²) >= 11 is 0. The average molecular weight is 277 g/mol. The molecule has 0 aliphatic carbocycles. The van der Waals surface area contributed by atoms with Crippen molar-refractivity contribution in [1.29, 1.82) is 0 Å². The van der Waals surface area contributed by atoms with E-state index in [1.807, 2.05) is 6.07 Å². The number of rotatable bonds is 3. The number of benzene rings is 1. The van der Waals surface area contributed by atoms with E-state index in [4.69, 9.17) is 5.73 Å². The minimum absolute atomic E-state index is 0.170. The zero-order valence-electron chi connectivity index (χ0n) is 12.2. The van der Waals surface area contributed by atoms with Crippen molar-refractivity contribution < 1.29 is 4.39 Å². The molecule has 110 valence electrons. The summed E-state index contributed by atoms with van der Waals surface area (Å²) in [7, 11) is 2.25. The van der Waals surface area contributed by atoms with E-state index in [2.05, 4.69) is 16.8 Å². The molecule has 1 aromatic carbocycles. The molecule has 3 nitrogen and oxygen atoms in total. The van der Waals surface area contributed by atoms with Crippen molar-refractivity contribution in [3.63, 3.8) is 0 Å². The Kier molecular flexibility index (Phi) is 4.06. The molecule has 4 heteroatoms. The van der Waals surface area contributed by atoms with Crippen molar-refractivity contribution in [2.75, 3.05) is 20.1 Å². The summed E-state index contributed by atoms with van der Waals surface area (Å²) in [5.41, 5.74) is 7.56. The van der Waals surface area contributed by atoms with Crippen LogP contribution in [-0.2, 0) is 13.1 Å². The molecule has 2 heterocycles. The van der Waals surface area contributed by atoms with Gasteiger partial charge in [0.05, 0.1) is 0 Å². The summed E-state index contributed by atoms with van der Waals surface area (Å²) < 4.78 is 13.6. The van der Waals surface area contributed by atoms with Gasteiger partial charge in [0, 0.05) is 38.3 Å². The molecular formula is C16H24FN3. The molecule has 0 saturated carbocycles. The molecule has 20 heavy (non-hydrogen) atoms. The van der Waals surface area contributed by atoms with Crippen LogP contribution in [0.3, 0.4) is 0 Å². The molecule has 0 aromatic heterocycles. The molecule has 2 aliphatic rings. The van der Waals surface area contributed by atoms with Crippen LogP contribution < -0.4 is 5.73 Å². The highest BCUT2D eigenvalue weighted by molar-refractivity contribution is 5.24. The lowest BCUT2D eigenvalue weighted by Crippen LogP contribution is -2.36. The molecule has 2 fully saturated rings. The summed E-state index contributed by atoms with van der Waals surface area (Å²) in [6, 6.07) is 6.63. The van der Waals surface area contributed by atoms with Gasteiger partial charge in [0.25, 0.3) is 0 Å². The van der Waals surface area contributed by atoms with Gasteiger partial charge >= 0.3 is 0 Å². The van der Waals surface area contributed by atoms with Gasteiger partial charge < -0.3 is 5.73 Å². The van der Waals surface area contributed by atoms with Crippen molar-refractivity contribution >= 4 is 0 Å². The standard InChI is InChI=1S/C16H24FN3/c1-19-15-2-3-16(19)11-20(5-4-15)10-13-6-12(9-18)7-14(17)8-13/h6-8,15-16H,2-5,9-11,18H2,1H3. The predicted molar refractivity (Wildman–Crippen MR) is 78.8 cm³/mol. The Morgan fingerprint density at radius 1 is 1.15 bits per heavy atom. The maximum atomic E-state index is 13.6. The largest absolute Gasteiger partial charge is 0.326 e. The topological polar surface area (TPSA) is 32.5 Å². The molecule has 1 aromatic rings. The van der Waals surface area contributed by atoms with Crippen LogP contribution in [0.15, 0.2) is 18.2 Å². The van der Waals surface area contributed by atoms with Crippen LogP contribution in [0.5, 0.6) is 0 Å². The SMILES string of the molecule is CN1C2CCC1CN(Cc1cc(F)cc(CN)c1)CC2. The summed E-state index contributed by atoms with van der Waals surface area (Å²) in [5, 5.41) is 0. The van der Waals surface area contributed by atoms with Crippen LogP contribution in [0.25, 0.3) is 0 Å². The molecule has 2 saturated heterocycles. The summed E-state index contributed by atoms with van der Waals surface area (Å²) in [6.07, 6.45) is 3.87. The number of hydrogen-bond donors (Lipinski definition) is 1. The first-order valence-electron chi connectivity index (χ1n) is 7.58. The smallest absolute Gasteiger partial charge is 0.123 e. The van der Waals surface area contributed by atoms with E-state index in [9.17, 15) is 4.39 Å². The number of nitrogens with zero attached hydrogens (tertiary/aromatic N) is 2. The molecule has 2 bridgehead atoms. The lowest BCUT2D eigenvalue weighted by Gasteiger charge is -2.25. The second kappa shape index (κ2) is 5.80. The third-order valence-corrected chi connectivity index (χ3v) is 4.89. The van der Waals surface area contributed by atoms with Crippen molar-refractivity contribution in [2.24, 2.45) is 5.73 Å². The van der Waals surface area contributed by atoms with Crippen LogP contribution in [0.1, 0.15) is 30.4 Å². The molecule has 2 aliphatic heterocycles. The predicted octanol–water partition coefficient (Wildman–Crippen LogP) is 1.95. The maximum Gasteiger partial charge on any atom is 0.123 e. The Morgan fingerprint density at radius 2 is 1.90 bits per heavy atom. The van der Waals surface area contributed by atoms with E-state index in [-0.39, 0.29) is 5.82 Å². The average Bonchev–Trinajstić information content (AvgIpc) is 2.66. The molecule has 0 spiro atoms. The Bertz CT molecular complexity index is 477. The quantitative estimate of drug-likeness (QED) is 0.916. The zero-order chi connectivity index (χ0) is 14.1. The van der Waals surface area contributed by atoms with E-state index in [0.717, 1.165) is 36.8 Å². The maximum absolute atomic E-state index is 13.6. The zero-order valence-corrected chi connectivity index (χ0v) is 12.2. The third kappa shape index (κ3) is 2.87. The van der Waals surface area contributed by atoms with Crippen molar-refractivity contribution in [3.05, 3.63) is 35.1 Å². The van der Waals surface area contributed by atoms with Gasteiger partial charge in [-0.3, -0.25) is 9.80 Å². The summed E-state index contributed by atoms with van der Waals surface area (Å²) in [4.78, 5) is 5.01. The monoisotopic (exact) mass is 277 g/mol. The summed E-state index contributed by atoms with van der Waals surface area (Å²) in [5.74, 6) is -0.170. The number of hydrogen-bond acceptors (Lipinski definition) is 3. The van der Waals surface area contributed by atoms with E-state index in [1.165, 1.54) is 25.3 Å². The molecule has 2 unspecified atom stereocenters. The third-order valence-electron chi connectivity index (χ3n) is 4.89. The first-order chi connectivity index (χ1) is 9.65. The lowest BCUT2D eigenvalue weighted by atomic mass is 10.1. The molecule has 2 atom stereocenters. The number of nitrogens with two attached hydrogens (primary N) is 1. The number of halogens is 1. The van der Waals surface area contributed by atoms with Gasteiger partial charge in [-0.1, -0.05) is 6.07 Å². The Labute approximate surface area is 120 Å². The molecule has 0 radical (unpaired) electrons. The highest BCUT2D eigenvalue weighted by atomic mass is 19.1. The highest BCUT2D eigenvalue weighted by Crippen LogP contribution is 2.29. The van der Waals surface area contributed by atoms with Gasteiger partial charge in [-0.2, -0.15) is 0 Å². The normalized spacial score (nSPS) is 27.8. The van der Waals surface area contributed by atoms with E-state index in [0.29, 0.717) is 12.6 Å². The van der Waals surface area contributed by atoms with Crippen LogP contribution in [-0.4, -0.2) is 42.0 Å². The minimum atomic E-state index is -0.170. The fourth-order valence-corrected chi connectivity index (χ4v) is 3.71.